The first-order valence-electron chi connectivity index (χ1n) is 5.19. The summed E-state index contributed by atoms with van der Waals surface area (Å²) in [5.41, 5.74) is 0. The molecule has 0 bridgehead atoms. The van der Waals surface area contributed by atoms with Crippen LogP contribution in [0, 0.1) is 11.8 Å². The highest BCUT2D eigenvalue weighted by atomic mass is 15.1. The third kappa shape index (κ3) is 1.50. The van der Waals surface area contributed by atoms with E-state index in [0.717, 1.165) is 17.9 Å². The van der Waals surface area contributed by atoms with Crippen LogP contribution in [0.5, 0.6) is 0 Å². The molecule has 0 saturated carbocycles. The molecule has 12 heavy (non-hydrogen) atoms. The van der Waals surface area contributed by atoms with Crippen LogP contribution < -0.4 is 5.32 Å². The average molecular weight is 168 g/mol. The van der Waals surface area contributed by atoms with Gasteiger partial charge in [-0.3, -0.25) is 0 Å². The standard InChI is InChI=1S/C10H20N2/c1-8-6-11-10(8)9-4-3-5-12(2)7-9/h8-11H,3-7H2,1-2H3. The van der Waals surface area contributed by atoms with Gasteiger partial charge in [0.1, 0.15) is 0 Å². The number of hydrogen-bond donors (Lipinski definition) is 1. The fourth-order valence-corrected chi connectivity index (χ4v) is 2.62. The van der Waals surface area contributed by atoms with Crippen LogP contribution in [0.4, 0.5) is 0 Å². The zero-order valence-corrected chi connectivity index (χ0v) is 8.21. The maximum Gasteiger partial charge on any atom is 0.0145 e. The van der Waals surface area contributed by atoms with E-state index in [4.69, 9.17) is 0 Å². The molecule has 2 nitrogen and oxygen atoms in total. The normalized spacial score (nSPS) is 44.0. The molecule has 2 fully saturated rings. The Bertz CT molecular complexity index is 158. The van der Waals surface area contributed by atoms with Crippen molar-refractivity contribution in [1.29, 1.82) is 0 Å². The summed E-state index contributed by atoms with van der Waals surface area (Å²) < 4.78 is 0. The van der Waals surface area contributed by atoms with Crippen molar-refractivity contribution in [3.63, 3.8) is 0 Å². The van der Waals surface area contributed by atoms with E-state index in [0.29, 0.717) is 0 Å². The molecular weight excluding hydrogens is 148 g/mol. The zero-order chi connectivity index (χ0) is 8.55. The molecule has 70 valence electrons. The van der Waals surface area contributed by atoms with Gasteiger partial charge < -0.3 is 10.2 Å². The molecule has 0 spiro atoms. The van der Waals surface area contributed by atoms with E-state index in [-0.39, 0.29) is 0 Å². The van der Waals surface area contributed by atoms with E-state index in [1.807, 2.05) is 0 Å². The quantitative estimate of drug-likeness (QED) is 0.627. The largest absolute Gasteiger partial charge is 0.313 e. The Hall–Kier alpha value is -0.0800. The van der Waals surface area contributed by atoms with Crippen molar-refractivity contribution in [2.24, 2.45) is 11.8 Å². The van der Waals surface area contributed by atoms with Crippen molar-refractivity contribution in [1.82, 2.24) is 10.2 Å². The van der Waals surface area contributed by atoms with Crippen molar-refractivity contribution in [3.05, 3.63) is 0 Å². The van der Waals surface area contributed by atoms with Crippen LogP contribution in [-0.4, -0.2) is 37.6 Å². The third-order valence-corrected chi connectivity index (χ3v) is 3.46. The molecule has 0 aromatic carbocycles. The van der Waals surface area contributed by atoms with Crippen LogP contribution in [0.2, 0.25) is 0 Å². The summed E-state index contributed by atoms with van der Waals surface area (Å²) >= 11 is 0. The summed E-state index contributed by atoms with van der Waals surface area (Å²) in [6.45, 7) is 6.22. The molecular formula is C10H20N2. The monoisotopic (exact) mass is 168 g/mol. The Morgan fingerprint density at radius 1 is 1.42 bits per heavy atom. The van der Waals surface area contributed by atoms with Gasteiger partial charge in [-0.25, -0.2) is 0 Å². The van der Waals surface area contributed by atoms with Crippen molar-refractivity contribution >= 4 is 0 Å². The van der Waals surface area contributed by atoms with Crippen molar-refractivity contribution < 1.29 is 0 Å². The Labute approximate surface area is 75.3 Å². The van der Waals surface area contributed by atoms with Gasteiger partial charge in [0.05, 0.1) is 0 Å². The molecule has 2 aliphatic rings. The van der Waals surface area contributed by atoms with Crippen molar-refractivity contribution in [3.8, 4) is 0 Å². The first-order chi connectivity index (χ1) is 5.77. The zero-order valence-electron chi connectivity index (χ0n) is 8.21. The molecule has 0 radical (unpaired) electrons. The lowest BCUT2D eigenvalue weighted by molar-refractivity contribution is 0.104. The van der Waals surface area contributed by atoms with Gasteiger partial charge in [-0.1, -0.05) is 6.92 Å². The van der Waals surface area contributed by atoms with E-state index in [2.05, 4.69) is 24.2 Å². The van der Waals surface area contributed by atoms with Gasteiger partial charge >= 0.3 is 0 Å². The molecule has 3 unspecified atom stereocenters. The summed E-state index contributed by atoms with van der Waals surface area (Å²) in [7, 11) is 2.25. The maximum atomic E-state index is 3.56. The highest BCUT2D eigenvalue weighted by Gasteiger charge is 2.34. The van der Waals surface area contributed by atoms with E-state index >= 15 is 0 Å². The molecule has 1 N–H and O–H groups in total. The maximum absolute atomic E-state index is 3.56. The number of nitrogens with zero attached hydrogens (tertiary/aromatic N) is 1. The Morgan fingerprint density at radius 3 is 2.75 bits per heavy atom. The third-order valence-electron chi connectivity index (χ3n) is 3.46. The molecule has 3 atom stereocenters. The summed E-state index contributed by atoms with van der Waals surface area (Å²) in [6, 6.07) is 0.827. The lowest BCUT2D eigenvalue weighted by Crippen LogP contribution is -2.58. The van der Waals surface area contributed by atoms with Gasteiger partial charge in [0.2, 0.25) is 0 Å². The molecule has 0 amide bonds. The predicted octanol–water partition coefficient (Wildman–Crippen LogP) is 0.936. The molecule has 2 heteroatoms. The van der Waals surface area contributed by atoms with Crippen LogP contribution >= 0.6 is 0 Å². The molecule has 0 aromatic rings. The van der Waals surface area contributed by atoms with E-state index in [1.54, 1.807) is 0 Å². The predicted molar refractivity (Wildman–Crippen MR) is 51.2 cm³/mol. The minimum absolute atomic E-state index is 0.827. The second kappa shape index (κ2) is 3.35. The molecule has 0 aliphatic carbocycles. The second-order valence-corrected chi connectivity index (χ2v) is 4.58. The first kappa shape index (κ1) is 8.52. The molecule has 2 rings (SSSR count). The fourth-order valence-electron chi connectivity index (χ4n) is 2.62. The summed E-state index contributed by atoms with van der Waals surface area (Å²) in [5, 5.41) is 3.56. The number of rotatable bonds is 1. The molecule has 2 heterocycles. The van der Waals surface area contributed by atoms with Crippen LogP contribution in [0.15, 0.2) is 0 Å². The SMILES string of the molecule is CC1CNC1C1CCCN(C)C1. The fraction of sp³-hybridized carbons (Fsp3) is 1.00. The number of likely N-dealkylation sites (tertiary alicyclic amines) is 1. The Kier molecular flexibility index (Phi) is 2.37. The molecule has 2 aliphatic heterocycles. The summed E-state index contributed by atoms with van der Waals surface area (Å²) in [6.07, 6.45) is 2.83. The minimum atomic E-state index is 0.827. The topological polar surface area (TPSA) is 15.3 Å². The number of hydrogen-bond acceptors (Lipinski definition) is 2. The van der Waals surface area contributed by atoms with Gasteiger partial charge in [0.25, 0.3) is 0 Å². The van der Waals surface area contributed by atoms with Crippen LogP contribution in [0.1, 0.15) is 19.8 Å². The van der Waals surface area contributed by atoms with Crippen molar-refractivity contribution in [2.45, 2.75) is 25.8 Å². The average Bonchev–Trinajstić information content (AvgIpc) is 2.02. The van der Waals surface area contributed by atoms with Gasteiger partial charge in [0.15, 0.2) is 0 Å². The van der Waals surface area contributed by atoms with Gasteiger partial charge in [-0.15, -0.1) is 0 Å². The highest BCUT2D eigenvalue weighted by molar-refractivity contribution is 4.92. The van der Waals surface area contributed by atoms with E-state index < -0.39 is 0 Å². The van der Waals surface area contributed by atoms with E-state index in [1.165, 1.54) is 32.5 Å². The summed E-state index contributed by atoms with van der Waals surface area (Å²) in [4.78, 5) is 2.47. The smallest absolute Gasteiger partial charge is 0.0145 e. The lowest BCUT2D eigenvalue weighted by atomic mass is 9.79. The van der Waals surface area contributed by atoms with Crippen LogP contribution in [0.3, 0.4) is 0 Å². The van der Waals surface area contributed by atoms with Crippen LogP contribution in [0.25, 0.3) is 0 Å². The Morgan fingerprint density at radius 2 is 2.25 bits per heavy atom. The highest BCUT2D eigenvalue weighted by Crippen LogP contribution is 2.27. The second-order valence-electron chi connectivity index (χ2n) is 4.58. The van der Waals surface area contributed by atoms with Gasteiger partial charge in [0, 0.05) is 12.6 Å². The lowest BCUT2D eigenvalue weighted by Gasteiger charge is -2.44. The van der Waals surface area contributed by atoms with Crippen LogP contribution in [-0.2, 0) is 0 Å². The Balaban J connectivity index is 1.86. The van der Waals surface area contributed by atoms with E-state index in [9.17, 15) is 0 Å². The first-order valence-corrected chi connectivity index (χ1v) is 5.19. The minimum Gasteiger partial charge on any atom is -0.313 e. The van der Waals surface area contributed by atoms with Gasteiger partial charge in [-0.2, -0.15) is 0 Å². The summed E-state index contributed by atoms with van der Waals surface area (Å²) in [5.74, 6) is 1.84. The number of nitrogens with one attached hydrogen (secondary N) is 1. The van der Waals surface area contributed by atoms with Crippen molar-refractivity contribution in [2.75, 3.05) is 26.7 Å². The molecule has 2 saturated heterocycles. The van der Waals surface area contributed by atoms with Gasteiger partial charge in [-0.05, 0) is 44.8 Å². The number of piperidine rings is 1. The molecule has 0 aromatic heterocycles.